The molecule has 0 heterocycles. The maximum Gasteiger partial charge on any atom is 0.317 e. The van der Waals surface area contributed by atoms with Crippen LogP contribution in [0.1, 0.15) is 25.3 Å². The van der Waals surface area contributed by atoms with Gasteiger partial charge in [-0.05, 0) is 23.6 Å². The Hall–Kier alpha value is -1.56. The zero-order chi connectivity index (χ0) is 15.8. The van der Waals surface area contributed by atoms with Gasteiger partial charge in [0.25, 0.3) is 0 Å². The minimum atomic E-state index is -0.835. The fourth-order valence-electron chi connectivity index (χ4n) is 1.96. The van der Waals surface area contributed by atoms with E-state index >= 15 is 0 Å². The Balaban J connectivity index is 2.45. The van der Waals surface area contributed by atoms with Gasteiger partial charge >= 0.3 is 12.0 Å². The highest BCUT2D eigenvalue weighted by atomic mass is 79.9. The number of hydrogen-bond donors (Lipinski definition) is 2. The van der Waals surface area contributed by atoms with Gasteiger partial charge in [0.05, 0.1) is 0 Å². The molecule has 2 amide bonds. The van der Waals surface area contributed by atoms with Crippen molar-refractivity contribution < 1.29 is 14.7 Å². The summed E-state index contributed by atoms with van der Waals surface area (Å²) in [6.07, 6.45) is 0.800. The number of aliphatic carboxylic acids is 1. The highest BCUT2D eigenvalue weighted by Gasteiger charge is 2.14. The maximum absolute atomic E-state index is 12.0. The second-order valence-corrected chi connectivity index (χ2v) is 5.96. The Morgan fingerprint density at radius 3 is 2.71 bits per heavy atom. The third-order valence-corrected chi connectivity index (χ3v) is 3.73. The number of nitrogens with zero attached hydrogens (tertiary/aromatic N) is 1. The third-order valence-electron chi connectivity index (χ3n) is 3.24. The minimum absolute atomic E-state index is 0.0364. The zero-order valence-corrected chi connectivity index (χ0v) is 13.9. The number of hydrogen-bond acceptors (Lipinski definition) is 2. The summed E-state index contributed by atoms with van der Waals surface area (Å²) in [6, 6.07) is 7.57. The van der Waals surface area contributed by atoms with Crippen LogP contribution in [0, 0.1) is 5.92 Å². The standard InChI is InChI=1S/C15H21BrN2O3/c1-3-11(8-14(19)20)9-17-15(21)18(2)10-12-5-4-6-13(16)7-12/h4-7,11H,3,8-10H2,1-2H3,(H,17,21)(H,19,20). The number of urea groups is 1. The number of carbonyl (C=O) groups is 2. The predicted octanol–water partition coefficient (Wildman–Crippen LogP) is 3.09. The van der Waals surface area contributed by atoms with Crippen LogP contribution >= 0.6 is 15.9 Å². The van der Waals surface area contributed by atoms with Crippen LogP contribution in [0.25, 0.3) is 0 Å². The highest BCUT2D eigenvalue weighted by molar-refractivity contribution is 9.10. The molecule has 0 radical (unpaired) electrons. The van der Waals surface area contributed by atoms with Crippen LogP contribution in [-0.4, -0.2) is 35.6 Å². The molecule has 1 aromatic rings. The van der Waals surface area contributed by atoms with Crippen molar-refractivity contribution in [3.05, 3.63) is 34.3 Å². The lowest BCUT2D eigenvalue weighted by Gasteiger charge is -2.20. The SMILES string of the molecule is CCC(CNC(=O)N(C)Cc1cccc(Br)c1)CC(=O)O. The average molecular weight is 357 g/mol. The molecule has 0 spiro atoms. The van der Waals surface area contributed by atoms with E-state index < -0.39 is 5.97 Å². The number of rotatable bonds is 7. The lowest BCUT2D eigenvalue weighted by atomic mass is 10.0. The average Bonchev–Trinajstić information content (AvgIpc) is 2.42. The molecule has 1 unspecified atom stereocenters. The summed E-state index contributed by atoms with van der Waals surface area (Å²) in [5, 5.41) is 11.6. The number of carboxylic acid groups (broad SMARTS) is 1. The number of benzene rings is 1. The van der Waals surface area contributed by atoms with E-state index in [1.165, 1.54) is 0 Å². The third kappa shape index (κ3) is 6.62. The Bertz CT molecular complexity index is 494. The topological polar surface area (TPSA) is 69.6 Å². The molecule has 1 aromatic carbocycles. The molecule has 0 saturated heterocycles. The molecule has 6 heteroatoms. The molecule has 1 rings (SSSR count). The lowest BCUT2D eigenvalue weighted by molar-refractivity contribution is -0.138. The molecular formula is C15H21BrN2O3. The number of halogens is 1. The van der Waals surface area contributed by atoms with Gasteiger partial charge in [-0.2, -0.15) is 0 Å². The van der Waals surface area contributed by atoms with Crippen LogP contribution in [-0.2, 0) is 11.3 Å². The van der Waals surface area contributed by atoms with Gasteiger partial charge in [-0.15, -0.1) is 0 Å². The van der Waals surface area contributed by atoms with Crippen LogP contribution in [0.4, 0.5) is 4.79 Å². The molecule has 5 nitrogen and oxygen atoms in total. The van der Waals surface area contributed by atoms with Gasteiger partial charge in [-0.25, -0.2) is 4.79 Å². The highest BCUT2D eigenvalue weighted by Crippen LogP contribution is 2.13. The summed E-state index contributed by atoms with van der Waals surface area (Å²) >= 11 is 3.40. The van der Waals surface area contributed by atoms with Crippen molar-refractivity contribution in [2.24, 2.45) is 5.92 Å². The molecule has 0 bridgehead atoms. The fraction of sp³-hybridized carbons (Fsp3) is 0.467. The second-order valence-electron chi connectivity index (χ2n) is 5.04. The molecule has 1 atom stereocenters. The first-order valence-electron chi connectivity index (χ1n) is 6.87. The molecule has 21 heavy (non-hydrogen) atoms. The number of carbonyl (C=O) groups excluding carboxylic acids is 1. The van der Waals surface area contributed by atoms with E-state index in [1.54, 1.807) is 11.9 Å². The number of nitrogens with one attached hydrogen (secondary N) is 1. The number of amides is 2. The maximum atomic E-state index is 12.0. The van der Waals surface area contributed by atoms with E-state index in [-0.39, 0.29) is 18.4 Å². The van der Waals surface area contributed by atoms with Crippen LogP contribution in [0.2, 0.25) is 0 Å². The van der Waals surface area contributed by atoms with Crippen LogP contribution < -0.4 is 5.32 Å². The van der Waals surface area contributed by atoms with Crippen molar-refractivity contribution in [3.8, 4) is 0 Å². The molecule has 0 aromatic heterocycles. The van der Waals surface area contributed by atoms with E-state index in [0.29, 0.717) is 13.1 Å². The molecule has 0 aliphatic carbocycles. The van der Waals surface area contributed by atoms with E-state index in [9.17, 15) is 9.59 Å². The lowest BCUT2D eigenvalue weighted by Crippen LogP contribution is -2.39. The number of carboxylic acids is 1. The smallest absolute Gasteiger partial charge is 0.317 e. The van der Waals surface area contributed by atoms with Crippen molar-refractivity contribution in [2.45, 2.75) is 26.3 Å². The Morgan fingerprint density at radius 2 is 2.14 bits per heavy atom. The van der Waals surface area contributed by atoms with Gasteiger partial charge in [0, 0.05) is 31.0 Å². The monoisotopic (exact) mass is 356 g/mol. The zero-order valence-electron chi connectivity index (χ0n) is 12.3. The summed E-state index contributed by atoms with van der Waals surface area (Å²) in [7, 11) is 1.72. The second kappa shape index (κ2) is 8.67. The van der Waals surface area contributed by atoms with Crippen molar-refractivity contribution in [1.29, 1.82) is 0 Å². The largest absolute Gasteiger partial charge is 0.481 e. The van der Waals surface area contributed by atoms with Gasteiger partial charge in [-0.3, -0.25) is 4.79 Å². The quantitative estimate of drug-likeness (QED) is 0.788. The fourth-order valence-corrected chi connectivity index (χ4v) is 2.40. The molecule has 0 saturated carbocycles. The first-order valence-corrected chi connectivity index (χ1v) is 7.66. The van der Waals surface area contributed by atoms with Gasteiger partial charge in [0.1, 0.15) is 0 Å². The molecule has 116 valence electrons. The summed E-state index contributed by atoms with van der Waals surface area (Å²) in [4.78, 5) is 24.3. The summed E-state index contributed by atoms with van der Waals surface area (Å²) in [6.45, 7) is 2.80. The summed E-state index contributed by atoms with van der Waals surface area (Å²) in [5.41, 5.74) is 1.03. The first-order chi connectivity index (χ1) is 9.92. The predicted molar refractivity (Wildman–Crippen MR) is 85.0 cm³/mol. The molecule has 0 aliphatic heterocycles. The molecular weight excluding hydrogens is 336 g/mol. The minimum Gasteiger partial charge on any atom is -0.481 e. The van der Waals surface area contributed by atoms with Crippen LogP contribution in [0.5, 0.6) is 0 Å². The van der Waals surface area contributed by atoms with Crippen LogP contribution in [0.15, 0.2) is 28.7 Å². The van der Waals surface area contributed by atoms with Gasteiger partial charge in [0.15, 0.2) is 0 Å². The van der Waals surface area contributed by atoms with E-state index in [4.69, 9.17) is 5.11 Å². The Kier molecular flexibility index (Phi) is 7.22. The molecule has 2 N–H and O–H groups in total. The van der Waals surface area contributed by atoms with Crippen molar-refractivity contribution in [3.63, 3.8) is 0 Å². The normalized spacial score (nSPS) is 11.8. The Morgan fingerprint density at radius 1 is 1.43 bits per heavy atom. The van der Waals surface area contributed by atoms with E-state index in [1.807, 2.05) is 31.2 Å². The Labute approximate surface area is 133 Å². The van der Waals surface area contributed by atoms with E-state index in [2.05, 4.69) is 21.2 Å². The molecule has 0 fully saturated rings. The summed E-state index contributed by atoms with van der Waals surface area (Å²) < 4.78 is 0.973. The molecule has 0 aliphatic rings. The van der Waals surface area contributed by atoms with Crippen LogP contribution in [0.3, 0.4) is 0 Å². The van der Waals surface area contributed by atoms with E-state index in [0.717, 1.165) is 16.5 Å². The first kappa shape index (κ1) is 17.5. The van der Waals surface area contributed by atoms with Crippen molar-refractivity contribution in [1.82, 2.24) is 10.2 Å². The van der Waals surface area contributed by atoms with Gasteiger partial charge in [-0.1, -0.05) is 41.4 Å². The van der Waals surface area contributed by atoms with Gasteiger partial charge < -0.3 is 15.3 Å². The van der Waals surface area contributed by atoms with Crippen molar-refractivity contribution in [2.75, 3.05) is 13.6 Å². The van der Waals surface area contributed by atoms with Crippen molar-refractivity contribution >= 4 is 27.9 Å². The summed E-state index contributed by atoms with van der Waals surface area (Å²) in [5.74, 6) is -0.871. The van der Waals surface area contributed by atoms with Gasteiger partial charge in [0.2, 0.25) is 0 Å².